The summed E-state index contributed by atoms with van der Waals surface area (Å²) in [7, 11) is -3.94. The number of rotatable bonds is 5. The van der Waals surface area contributed by atoms with Gasteiger partial charge in [-0.3, -0.25) is 10.1 Å². The third-order valence-electron chi connectivity index (χ3n) is 3.83. The molecule has 1 fully saturated rings. The summed E-state index contributed by atoms with van der Waals surface area (Å²) in [6.45, 7) is 3.59. The molecule has 0 heterocycles. The highest BCUT2D eigenvalue weighted by molar-refractivity contribution is 7.89. The van der Waals surface area contributed by atoms with Crippen LogP contribution < -0.4 is 4.72 Å². The van der Waals surface area contributed by atoms with E-state index >= 15 is 0 Å². The first-order chi connectivity index (χ1) is 9.70. The van der Waals surface area contributed by atoms with Crippen molar-refractivity contribution >= 4 is 15.7 Å². The lowest BCUT2D eigenvalue weighted by atomic mass is 9.83. The summed E-state index contributed by atoms with van der Waals surface area (Å²) in [6.07, 6.45) is 0.741. The Hall–Kier alpha value is -1.51. The van der Waals surface area contributed by atoms with Crippen LogP contribution in [0, 0.1) is 29.9 Å². The lowest BCUT2D eigenvalue weighted by Crippen LogP contribution is -2.38. The largest absolute Gasteiger partial charge is 0.393 e. The van der Waals surface area contributed by atoms with Gasteiger partial charge < -0.3 is 5.11 Å². The summed E-state index contributed by atoms with van der Waals surface area (Å²) < 4.78 is 26.9. The molecule has 1 aliphatic carbocycles. The van der Waals surface area contributed by atoms with Crippen molar-refractivity contribution in [2.45, 2.75) is 37.7 Å². The summed E-state index contributed by atoms with van der Waals surface area (Å²) in [5, 5.41) is 20.2. The van der Waals surface area contributed by atoms with Gasteiger partial charge in [0.15, 0.2) is 4.90 Å². The molecule has 0 bridgehead atoms. The second kappa shape index (κ2) is 5.70. The van der Waals surface area contributed by atoms with Crippen LogP contribution in [0.1, 0.15) is 24.0 Å². The van der Waals surface area contributed by atoms with Gasteiger partial charge in [-0.15, -0.1) is 0 Å². The minimum absolute atomic E-state index is 0.0837. The molecule has 0 atom stereocenters. The number of aryl methyl sites for hydroxylation is 2. The molecule has 8 heteroatoms. The third kappa shape index (κ3) is 3.39. The number of aliphatic hydroxyl groups excluding tert-OH is 1. The van der Waals surface area contributed by atoms with Gasteiger partial charge in [-0.2, -0.15) is 0 Å². The van der Waals surface area contributed by atoms with Crippen molar-refractivity contribution in [2.24, 2.45) is 5.92 Å². The monoisotopic (exact) mass is 314 g/mol. The number of nitrogens with zero attached hydrogens (tertiary/aromatic N) is 1. The number of benzene rings is 1. The van der Waals surface area contributed by atoms with Crippen molar-refractivity contribution in [2.75, 3.05) is 6.54 Å². The Morgan fingerprint density at radius 2 is 1.90 bits per heavy atom. The Morgan fingerprint density at radius 3 is 2.43 bits per heavy atom. The van der Waals surface area contributed by atoms with E-state index in [1.54, 1.807) is 13.8 Å². The van der Waals surface area contributed by atoms with E-state index in [0.29, 0.717) is 24.0 Å². The van der Waals surface area contributed by atoms with Crippen LogP contribution in [0.15, 0.2) is 17.0 Å². The topological polar surface area (TPSA) is 110 Å². The molecule has 1 aromatic carbocycles. The SMILES string of the molecule is Cc1cc([N+](=O)[O-])c(S(=O)(=O)NCC2CC(O)C2)cc1C. The lowest BCUT2D eigenvalue weighted by molar-refractivity contribution is -0.387. The average molecular weight is 314 g/mol. The van der Waals surface area contributed by atoms with Crippen molar-refractivity contribution in [1.82, 2.24) is 4.72 Å². The van der Waals surface area contributed by atoms with Crippen LogP contribution >= 0.6 is 0 Å². The highest BCUT2D eigenvalue weighted by Crippen LogP contribution is 2.29. The van der Waals surface area contributed by atoms with Gasteiger partial charge in [0.2, 0.25) is 10.0 Å². The van der Waals surface area contributed by atoms with Crippen LogP contribution in [-0.2, 0) is 10.0 Å². The van der Waals surface area contributed by atoms with E-state index in [4.69, 9.17) is 0 Å². The molecule has 1 saturated carbocycles. The zero-order chi connectivity index (χ0) is 15.8. The molecule has 2 N–H and O–H groups in total. The van der Waals surface area contributed by atoms with Crippen LogP contribution in [0.2, 0.25) is 0 Å². The molecule has 1 aromatic rings. The quantitative estimate of drug-likeness (QED) is 0.628. The first kappa shape index (κ1) is 15.9. The molecular formula is C13H18N2O5S. The number of nitrogens with one attached hydrogen (secondary N) is 1. The molecular weight excluding hydrogens is 296 g/mol. The average Bonchev–Trinajstić information content (AvgIpc) is 2.35. The summed E-state index contributed by atoms with van der Waals surface area (Å²) >= 11 is 0. The summed E-state index contributed by atoms with van der Waals surface area (Å²) in [4.78, 5) is 10.1. The predicted octanol–water partition coefficient (Wildman–Crippen LogP) is 1.26. The Morgan fingerprint density at radius 1 is 1.33 bits per heavy atom. The minimum atomic E-state index is -3.94. The smallest absolute Gasteiger partial charge is 0.289 e. The molecule has 0 aromatic heterocycles. The number of hydrogen-bond donors (Lipinski definition) is 2. The minimum Gasteiger partial charge on any atom is -0.393 e. The molecule has 0 spiro atoms. The molecule has 0 saturated heterocycles. The number of hydrogen-bond acceptors (Lipinski definition) is 5. The van der Waals surface area contributed by atoms with Gasteiger partial charge in [0.05, 0.1) is 11.0 Å². The highest BCUT2D eigenvalue weighted by atomic mass is 32.2. The van der Waals surface area contributed by atoms with Gasteiger partial charge in [0.25, 0.3) is 5.69 Å². The maximum Gasteiger partial charge on any atom is 0.289 e. The van der Waals surface area contributed by atoms with Crippen LogP contribution in [0.5, 0.6) is 0 Å². The molecule has 0 aliphatic heterocycles. The van der Waals surface area contributed by atoms with E-state index in [-0.39, 0.29) is 23.5 Å². The molecule has 21 heavy (non-hydrogen) atoms. The summed E-state index contributed by atoms with van der Waals surface area (Å²) in [6, 6.07) is 2.60. The fraction of sp³-hybridized carbons (Fsp3) is 0.538. The second-order valence-corrected chi connectivity index (χ2v) is 7.24. The Balaban J connectivity index is 2.26. The van der Waals surface area contributed by atoms with Gasteiger partial charge >= 0.3 is 0 Å². The number of aliphatic hydroxyl groups is 1. The molecule has 0 amide bonds. The lowest BCUT2D eigenvalue weighted by Gasteiger charge is -2.31. The van der Waals surface area contributed by atoms with E-state index in [9.17, 15) is 23.6 Å². The summed E-state index contributed by atoms with van der Waals surface area (Å²) in [5.41, 5.74) is 0.932. The van der Waals surface area contributed by atoms with Crippen molar-refractivity contribution in [1.29, 1.82) is 0 Å². The number of nitro groups is 1. The van der Waals surface area contributed by atoms with Gasteiger partial charge in [-0.05, 0) is 49.8 Å². The van der Waals surface area contributed by atoms with Gasteiger partial charge in [0.1, 0.15) is 0 Å². The number of sulfonamides is 1. The maximum atomic E-state index is 12.3. The Bertz CT molecular complexity index is 665. The highest BCUT2D eigenvalue weighted by Gasteiger charge is 2.31. The van der Waals surface area contributed by atoms with E-state index in [2.05, 4.69) is 4.72 Å². The van der Waals surface area contributed by atoms with Crippen LogP contribution in [0.3, 0.4) is 0 Å². The van der Waals surface area contributed by atoms with Crippen molar-refractivity contribution in [3.63, 3.8) is 0 Å². The van der Waals surface area contributed by atoms with E-state index in [0.717, 1.165) is 0 Å². The Kier molecular flexibility index (Phi) is 4.31. The maximum absolute atomic E-state index is 12.3. The van der Waals surface area contributed by atoms with Gasteiger partial charge in [0, 0.05) is 12.6 Å². The van der Waals surface area contributed by atoms with E-state index < -0.39 is 20.6 Å². The third-order valence-corrected chi connectivity index (χ3v) is 5.29. The molecule has 116 valence electrons. The van der Waals surface area contributed by atoms with Crippen molar-refractivity contribution in [3.05, 3.63) is 33.4 Å². The van der Waals surface area contributed by atoms with Crippen molar-refractivity contribution in [3.8, 4) is 0 Å². The van der Waals surface area contributed by atoms with Gasteiger partial charge in [-0.25, -0.2) is 13.1 Å². The van der Waals surface area contributed by atoms with E-state index in [1.807, 2.05) is 0 Å². The summed E-state index contributed by atoms with van der Waals surface area (Å²) in [5.74, 6) is 0.0837. The fourth-order valence-electron chi connectivity index (χ4n) is 2.30. The molecule has 0 unspecified atom stereocenters. The van der Waals surface area contributed by atoms with Gasteiger partial charge in [-0.1, -0.05) is 0 Å². The zero-order valence-electron chi connectivity index (χ0n) is 11.9. The fourth-order valence-corrected chi connectivity index (χ4v) is 3.66. The zero-order valence-corrected chi connectivity index (χ0v) is 12.7. The Labute approximate surface area is 123 Å². The first-order valence-electron chi connectivity index (χ1n) is 6.64. The van der Waals surface area contributed by atoms with Crippen LogP contribution in [-0.4, -0.2) is 31.1 Å². The molecule has 7 nitrogen and oxygen atoms in total. The molecule has 2 rings (SSSR count). The first-order valence-corrected chi connectivity index (χ1v) is 8.12. The standard InChI is InChI=1S/C13H18N2O5S/c1-8-3-12(15(17)18)13(4-9(8)2)21(19,20)14-7-10-5-11(16)6-10/h3-4,10-11,14,16H,5-7H2,1-2H3. The normalized spacial score (nSPS) is 21.9. The second-order valence-electron chi connectivity index (χ2n) is 5.50. The van der Waals surface area contributed by atoms with E-state index in [1.165, 1.54) is 12.1 Å². The van der Waals surface area contributed by atoms with Crippen LogP contribution in [0.4, 0.5) is 5.69 Å². The predicted molar refractivity (Wildman–Crippen MR) is 76.5 cm³/mol. The van der Waals surface area contributed by atoms with Crippen molar-refractivity contribution < 1.29 is 18.4 Å². The number of nitro benzene ring substituents is 1. The molecule has 0 radical (unpaired) electrons. The molecule has 1 aliphatic rings. The van der Waals surface area contributed by atoms with Crippen LogP contribution in [0.25, 0.3) is 0 Å².